The summed E-state index contributed by atoms with van der Waals surface area (Å²) >= 11 is 0. The Balaban J connectivity index is 0.886. The second kappa shape index (κ2) is 16.2. The molecule has 2 saturated heterocycles. The van der Waals surface area contributed by atoms with E-state index in [4.69, 9.17) is 14.7 Å². The second-order valence-corrected chi connectivity index (χ2v) is 14.7. The van der Waals surface area contributed by atoms with Crippen molar-refractivity contribution >= 4 is 29.2 Å². The van der Waals surface area contributed by atoms with E-state index in [1.807, 2.05) is 59.5 Å². The van der Waals surface area contributed by atoms with Gasteiger partial charge in [0.25, 0.3) is 0 Å². The molecule has 3 aromatic carbocycles. The van der Waals surface area contributed by atoms with Crippen LogP contribution in [0.2, 0.25) is 0 Å². The number of carbonyl (C=O) groups excluding carboxylic acids is 3. The van der Waals surface area contributed by atoms with Crippen LogP contribution in [-0.2, 0) is 20.7 Å². The molecule has 3 N–H and O–H groups in total. The number of hydrogen-bond donors (Lipinski definition) is 3. The molecule has 0 radical (unpaired) electrons. The minimum Gasteiger partial charge on any atom is -0.453 e. The van der Waals surface area contributed by atoms with Crippen molar-refractivity contribution in [2.75, 3.05) is 20.2 Å². The number of benzene rings is 3. The predicted molar refractivity (Wildman–Crippen MR) is 212 cm³/mol. The Kier molecular flexibility index (Phi) is 10.6. The fourth-order valence-corrected chi connectivity index (χ4v) is 8.16. The Labute approximate surface area is 325 Å². The smallest absolute Gasteiger partial charge is 0.407 e. The van der Waals surface area contributed by atoms with Crippen LogP contribution in [0.5, 0.6) is 0 Å². The summed E-state index contributed by atoms with van der Waals surface area (Å²) in [6.45, 7) is 3.30. The number of methoxy groups -OCH3 is 1. The van der Waals surface area contributed by atoms with E-state index in [0.717, 1.165) is 82.8 Å². The summed E-state index contributed by atoms with van der Waals surface area (Å²) in [5.74, 6) is 0.566. The summed E-state index contributed by atoms with van der Waals surface area (Å²) in [6, 6.07) is 25.8. The highest BCUT2D eigenvalue weighted by atomic mass is 16.5. The summed E-state index contributed by atoms with van der Waals surface area (Å²) in [5.41, 5.74) is 8.87. The van der Waals surface area contributed by atoms with Gasteiger partial charge in [0.15, 0.2) is 0 Å². The Morgan fingerprint density at radius 3 is 2.18 bits per heavy atom. The molecule has 13 heteroatoms. The summed E-state index contributed by atoms with van der Waals surface area (Å²) < 4.78 is 4.79. The Morgan fingerprint density at radius 2 is 1.50 bits per heavy atom. The van der Waals surface area contributed by atoms with Crippen LogP contribution in [0.15, 0.2) is 102 Å². The van der Waals surface area contributed by atoms with Crippen LogP contribution < -0.4 is 5.32 Å². The molecule has 0 bridgehead atoms. The van der Waals surface area contributed by atoms with Gasteiger partial charge in [0.2, 0.25) is 11.8 Å². The summed E-state index contributed by atoms with van der Waals surface area (Å²) in [5, 5.41) is 13.1. The van der Waals surface area contributed by atoms with Crippen LogP contribution in [0.1, 0.15) is 73.6 Å². The largest absolute Gasteiger partial charge is 0.453 e. The zero-order valence-electron chi connectivity index (χ0n) is 31.5. The summed E-state index contributed by atoms with van der Waals surface area (Å²) in [7, 11) is 1.27. The van der Waals surface area contributed by atoms with Gasteiger partial charge in [-0.15, -0.1) is 0 Å². The molecule has 8 rings (SSSR count). The molecule has 4 atom stereocenters. The number of nitrogens with one attached hydrogen (secondary N) is 3. The normalized spacial score (nSPS) is 19.0. The minimum atomic E-state index is -0.838. The predicted octanol–water partition coefficient (Wildman–Crippen LogP) is 6.47. The lowest BCUT2D eigenvalue weighted by Gasteiger charge is -2.29. The van der Waals surface area contributed by atoms with Gasteiger partial charge in [-0.25, -0.2) is 9.78 Å². The highest BCUT2D eigenvalue weighted by Gasteiger charge is 2.38. The number of likely N-dealkylation sites (tertiary alicyclic amines) is 2. The maximum atomic E-state index is 13.8. The first-order chi connectivity index (χ1) is 27.4. The number of aromatic amines is 2. The van der Waals surface area contributed by atoms with Crippen LogP contribution in [0, 0.1) is 0 Å². The highest BCUT2D eigenvalue weighted by molar-refractivity contribution is 6.04. The van der Waals surface area contributed by atoms with Crippen LogP contribution in [0.4, 0.5) is 4.79 Å². The molecule has 2 aromatic heterocycles. The van der Waals surface area contributed by atoms with Crippen molar-refractivity contribution in [1.82, 2.24) is 40.5 Å². The maximum absolute atomic E-state index is 13.8. The van der Waals surface area contributed by atoms with E-state index >= 15 is 0 Å². The zero-order chi connectivity index (χ0) is 38.6. The number of hydrogen-bond acceptors (Lipinski definition) is 8. The molecule has 3 aliphatic rings. The van der Waals surface area contributed by atoms with Crippen molar-refractivity contribution in [2.24, 2.45) is 4.99 Å². The third-order valence-corrected chi connectivity index (χ3v) is 11.2. The van der Waals surface area contributed by atoms with Crippen molar-refractivity contribution in [3.8, 4) is 22.4 Å². The number of rotatable bonds is 11. The number of aliphatic imine (C=N–C) groups is 1. The van der Waals surface area contributed by atoms with Gasteiger partial charge in [0, 0.05) is 37.8 Å². The average Bonchev–Trinajstić information content (AvgIpc) is 4.10. The van der Waals surface area contributed by atoms with Crippen molar-refractivity contribution in [3.05, 3.63) is 120 Å². The lowest BCUT2D eigenvalue weighted by Crippen LogP contribution is -2.52. The van der Waals surface area contributed by atoms with E-state index in [1.54, 1.807) is 6.20 Å². The highest BCUT2D eigenvalue weighted by Crippen LogP contribution is 2.35. The SMILES string of the molecule is COC(=O)N[C@@H](Cc1cn[nH]n1)C(=O)N1CCC[C@H]1C1=NC=C(c2ccc(-c3ccc(-c4cnc([C@@H]5CCCN5C(=O)[C@H](C)c5ccccc5)[nH]4)cc3)cc2)C1. The van der Waals surface area contributed by atoms with Crippen LogP contribution in [0.25, 0.3) is 28.0 Å². The molecular weight excluding hydrogens is 707 g/mol. The molecule has 5 aromatic rings. The molecule has 0 aliphatic carbocycles. The van der Waals surface area contributed by atoms with E-state index in [1.165, 1.54) is 7.11 Å². The first-order valence-electron chi connectivity index (χ1n) is 19.2. The number of imidazole rings is 1. The molecule has 5 heterocycles. The van der Waals surface area contributed by atoms with Gasteiger partial charge in [0.05, 0.1) is 48.9 Å². The van der Waals surface area contributed by atoms with Gasteiger partial charge in [-0.05, 0) is 66.0 Å². The van der Waals surface area contributed by atoms with Gasteiger partial charge < -0.3 is 24.8 Å². The van der Waals surface area contributed by atoms with Crippen LogP contribution in [0.3, 0.4) is 0 Å². The van der Waals surface area contributed by atoms with Crippen molar-refractivity contribution in [1.29, 1.82) is 0 Å². The standard InChI is InChI=1S/C43H45N9O4/c1-27(28-8-4-3-5-9-28)41(53)52-21-7-11-39(52)40-45-26-37(47-40)32-18-16-30(17-19-32)29-12-14-31(15-13-29)33-22-35(44-24-33)38-10-6-20-51(38)42(54)36(48-43(55)56-2)23-34-25-46-50-49-34/h3-5,8-9,12-19,24-27,36,38-39H,6-7,10-11,20-23H2,1-2H3,(H,45,47)(H,48,55)(H,46,49,50)/t27-,36+,38+,39+/m1/s1. The molecule has 56 heavy (non-hydrogen) atoms. The van der Waals surface area contributed by atoms with Gasteiger partial charge in [-0.3, -0.25) is 14.6 Å². The monoisotopic (exact) mass is 751 g/mol. The fraction of sp³-hybridized carbons (Fsp3) is 0.326. The molecule has 0 unspecified atom stereocenters. The Hall–Kier alpha value is -6.37. The summed E-state index contributed by atoms with van der Waals surface area (Å²) in [4.78, 5) is 56.3. The average molecular weight is 752 g/mol. The van der Waals surface area contributed by atoms with Crippen molar-refractivity contribution in [2.45, 2.75) is 69.5 Å². The molecule has 0 saturated carbocycles. The molecule has 286 valence electrons. The molecule has 3 aliphatic heterocycles. The van der Waals surface area contributed by atoms with Gasteiger partial charge in [-0.2, -0.15) is 15.4 Å². The Bertz CT molecular complexity index is 2230. The quantitative estimate of drug-likeness (QED) is 0.139. The lowest BCUT2D eigenvalue weighted by molar-refractivity contribution is -0.134. The van der Waals surface area contributed by atoms with Crippen LogP contribution >= 0.6 is 0 Å². The molecular formula is C43H45N9O4. The number of alkyl carbamates (subject to hydrolysis) is 1. The topological polar surface area (TPSA) is 162 Å². The Morgan fingerprint density at radius 1 is 0.839 bits per heavy atom. The van der Waals surface area contributed by atoms with Gasteiger partial charge in [-0.1, -0.05) is 78.9 Å². The number of amides is 3. The van der Waals surface area contributed by atoms with E-state index in [2.05, 4.69) is 74.2 Å². The first kappa shape index (κ1) is 36.6. The number of H-pyrrole nitrogens is 2. The number of ether oxygens (including phenoxy) is 1. The molecule has 2 fully saturated rings. The number of carbonyl (C=O) groups is 3. The molecule has 13 nitrogen and oxygen atoms in total. The van der Waals surface area contributed by atoms with Crippen molar-refractivity contribution in [3.63, 3.8) is 0 Å². The minimum absolute atomic E-state index is 0.0603. The van der Waals surface area contributed by atoms with E-state index < -0.39 is 12.1 Å². The number of nitrogens with zero attached hydrogens (tertiary/aromatic N) is 6. The third-order valence-electron chi connectivity index (χ3n) is 11.2. The first-order valence-corrected chi connectivity index (χ1v) is 19.2. The number of aromatic nitrogens is 5. The molecule has 0 spiro atoms. The second-order valence-electron chi connectivity index (χ2n) is 14.7. The number of allylic oxidation sites excluding steroid dienone is 1. The maximum Gasteiger partial charge on any atom is 0.407 e. The van der Waals surface area contributed by atoms with Crippen molar-refractivity contribution < 1.29 is 19.1 Å². The van der Waals surface area contributed by atoms with E-state index in [9.17, 15) is 14.4 Å². The zero-order valence-corrected chi connectivity index (χ0v) is 31.5. The fourth-order valence-electron chi connectivity index (χ4n) is 8.16. The summed E-state index contributed by atoms with van der Waals surface area (Å²) in [6.07, 6.45) is 8.98. The van der Waals surface area contributed by atoms with E-state index in [-0.39, 0.29) is 36.2 Å². The lowest BCUT2D eigenvalue weighted by atomic mass is 9.96. The van der Waals surface area contributed by atoms with Gasteiger partial charge >= 0.3 is 6.09 Å². The third kappa shape index (κ3) is 7.61. The van der Waals surface area contributed by atoms with Gasteiger partial charge in [0.1, 0.15) is 11.9 Å². The van der Waals surface area contributed by atoms with E-state index in [0.29, 0.717) is 18.7 Å². The van der Waals surface area contributed by atoms with Crippen LogP contribution in [-0.4, -0.2) is 91.1 Å². The molecule has 3 amide bonds.